The van der Waals surface area contributed by atoms with E-state index in [0.717, 1.165) is 18.4 Å². The Morgan fingerprint density at radius 1 is 1.02 bits per heavy atom. The van der Waals surface area contributed by atoms with Gasteiger partial charge in [-0.2, -0.15) is 13.2 Å². The molecule has 1 unspecified atom stereocenters. The van der Waals surface area contributed by atoms with Gasteiger partial charge in [-0.05, 0) is 89.6 Å². The number of amides is 3. The van der Waals surface area contributed by atoms with Crippen molar-refractivity contribution in [3.8, 4) is 11.8 Å². The van der Waals surface area contributed by atoms with Gasteiger partial charge in [0, 0.05) is 28.5 Å². The predicted molar refractivity (Wildman–Crippen MR) is 166 cm³/mol. The van der Waals surface area contributed by atoms with E-state index in [1.54, 1.807) is 84.0 Å². The fraction of sp³-hybridized carbons (Fsp3) is 0.406. The van der Waals surface area contributed by atoms with E-state index < -0.39 is 54.2 Å². The normalized spacial score (nSPS) is 11.8. The van der Waals surface area contributed by atoms with Gasteiger partial charge in [-0.1, -0.05) is 11.8 Å². The highest BCUT2D eigenvalue weighted by Crippen LogP contribution is 2.23. The lowest BCUT2D eigenvalue weighted by Gasteiger charge is -2.29. The zero-order valence-corrected chi connectivity index (χ0v) is 26.6. The van der Waals surface area contributed by atoms with E-state index in [2.05, 4.69) is 27.2 Å². The zero-order chi connectivity index (χ0) is 34.8. The Labute approximate surface area is 265 Å². The third-order valence-corrected chi connectivity index (χ3v) is 6.10. The second-order valence-electron chi connectivity index (χ2n) is 11.3. The summed E-state index contributed by atoms with van der Waals surface area (Å²) in [5.74, 6) is 1.71. The van der Waals surface area contributed by atoms with Gasteiger partial charge in [0.1, 0.15) is 17.5 Å². The van der Waals surface area contributed by atoms with Crippen LogP contribution in [0.5, 0.6) is 0 Å². The minimum Gasteiger partial charge on any atom is -0.467 e. The van der Waals surface area contributed by atoms with Crippen LogP contribution >= 0.6 is 0 Å². The van der Waals surface area contributed by atoms with Gasteiger partial charge in [0.05, 0.1) is 20.1 Å². The number of carbonyl (C=O) groups excluding carboxylic acids is 4. The minimum absolute atomic E-state index is 0.103. The standard InChI is InChI=1S/C32H38F3N5O6/c1-19(2)40(26(41)18-25(28(42)45-7)38-29(43)32(33,34)35)24-15-12-21(20(3)17-24)9-8-16-37-23-13-10-22(11-14-23)27(36)39-30(44)46-31(4,5)6/h10-15,17,19,25,37H,16,18H2,1-7H3,(H,38,43)(H2,36,39,44). The smallest absolute Gasteiger partial charge is 0.467 e. The van der Waals surface area contributed by atoms with E-state index in [0.29, 0.717) is 16.8 Å². The number of nitrogens with one attached hydrogen (secondary N) is 4. The van der Waals surface area contributed by atoms with Crippen molar-refractivity contribution in [1.29, 1.82) is 5.41 Å². The van der Waals surface area contributed by atoms with E-state index in [9.17, 15) is 32.3 Å². The summed E-state index contributed by atoms with van der Waals surface area (Å²) in [6.07, 6.45) is -6.71. The summed E-state index contributed by atoms with van der Waals surface area (Å²) < 4.78 is 47.9. The van der Waals surface area contributed by atoms with Crippen molar-refractivity contribution in [1.82, 2.24) is 10.6 Å². The van der Waals surface area contributed by atoms with Crippen LogP contribution in [0.15, 0.2) is 42.5 Å². The fourth-order valence-corrected chi connectivity index (χ4v) is 4.03. The molecule has 1 atom stereocenters. The quantitative estimate of drug-likeness (QED) is 0.134. The van der Waals surface area contributed by atoms with Gasteiger partial charge in [-0.25, -0.2) is 9.59 Å². The molecule has 0 aliphatic heterocycles. The number of benzene rings is 2. The van der Waals surface area contributed by atoms with Gasteiger partial charge in [0.15, 0.2) is 0 Å². The first-order chi connectivity index (χ1) is 21.3. The summed E-state index contributed by atoms with van der Waals surface area (Å²) in [5.41, 5.74) is 2.36. The minimum atomic E-state index is -5.24. The molecular weight excluding hydrogens is 607 g/mol. The molecule has 0 fully saturated rings. The number of nitrogens with zero attached hydrogens (tertiary/aromatic N) is 1. The molecule has 0 radical (unpaired) electrons. The second kappa shape index (κ2) is 15.8. The van der Waals surface area contributed by atoms with Gasteiger partial charge in [0.25, 0.3) is 0 Å². The Morgan fingerprint density at radius 3 is 2.17 bits per heavy atom. The third-order valence-electron chi connectivity index (χ3n) is 6.10. The van der Waals surface area contributed by atoms with E-state index in [4.69, 9.17) is 10.1 Å². The lowest BCUT2D eigenvalue weighted by Crippen LogP contribution is -2.50. The predicted octanol–water partition coefficient (Wildman–Crippen LogP) is 4.66. The number of halogens is 3. The molecule has 2 aromatic carbocycles. The van der Waals surface area contributed by atoms with Gasteiger partial charge >= 0.3 is 24.1 Å². The van der Waals surface area contributed by atoms with E-state index in [-0.39, 0.29) is 12.4 Å². The average Bonchev–Trinajstić information content (AvgIpc) is 2.94. The molecule has 0 spiro atoms. The van der Waals surface area contributed by atoms with Crippen LogP contribution in [0, 0.1) is 24.2 Å². The molecule has 0 aliphatic rings. The second-order valence-corrected chi connectivity index (χ2v) is 11.3. The number of esters is 1. The van der Waals surface area contributed by atoms with Crippen LogP contribution in [-0.4, -0.2) is 67.2 Å². The SMILES string of the molecule is COC(=O)C(CC(=O)N(c1ccc(C#CCNc2ccc(C(=N)NC(=O)OC(C)(C)C)cc2)c(C)c1)C(C)C)NC(=O)C(F)(F)F. The number of alkyl halides is 3. The average molecular weight is 646 g/mol. The number of aryl methyl sites for hydroxylation is 1. The molecule has 0 heterocycles. The number of carbonyl (C=O) groups is 4. The Hall–Kier alpha value is -5.06. The highest BCUT2D eigenvalue weighted by molar-refractivity contribution is 6.04. The molecule has 2 aromatic rings. The number of rotatable bonds is 9. The number of anilines is 2. The molecule has 0 aromatic heterocycles. The Balaban J connectivity index is 2.07. The molecule has 14 heteroatoms. The number of methoxy groups -OCH3 is 1. The third kappa shape index (κ3) is 11.5. The summed E-state index contributed by atoms with van der Waals surface area (Å²) in [7, 11) is 0.940. The van der Waals surface area contributed by atoms with Crippen molar-refractivity contribution in [3.05, 3.63) is 59.2 Å². The van der Waals surface area contributed by atoms with Crippen molar-refractivity contribution in [2.24, 2.45) is 0 Å². The number of amidine groups is 1. The van der Waals surface area contributed by atoms with Crippen LogP contribution in [0.2, 0.25) is 0 Å². The maximum Gasteiger partial charge on any atom is 0.471 e. The molecule has 4 N–H and O–H groups in total. The Kier molecular flexibility index (Phi) is 12.7. The Morgan fingerprint density at radius 2 is 1.65 bits per heavy atom. The molecule has 0 bridgehead atoms. The van der Waals surface area contributed by atoms with Gasteiger partial charge < -0.3 is 25.0 Å². The first-order valence-electron chi connectivity index (χ1n) is 14.1. The van der Waals surface area contributed by atoms with Crippen molar-refractivity contribution < 1.29 is 41.8 Å². The van der Waals surface area contributed by atoms with Crippen molar-refractivity contribution in [2.45, 2.75) is 71.8 Å². The molecule has 0 aliphatic carbocycles. The van der Waals surface area contributed by atoms with Crippen molar-refractivity contribution in [2.75, 3.05) is 23.9 Å². The van der Waals surface area contributed by atoms with Gasteiger partial charge in [-0.15, -0.1) is 0 Å². The first-order valence-corrected chi connectivity index (χ1v) is 14.1. The molecule has 0 saturated heterocycles. The van der Waals surface area contributed by atoms with Crippen LogP contribution in [0.25, 0.3) is 0 Å². The van der Waals surface area contributed by atoms with E-state index >= 15 is 0 Å². The summed E-state index contributed by atoms with van der Waals surface area (Å²) in [6.45, 7) is 10.6. The fourth-order valence-electron chi connectivity index (χ4n) is 4.03. The van der Waals surface area contributed by atoms with Gasteiger partial charge in [-0.3, -0.25) is 20.3 Å². The zero-order valence-electron chi connectivity index (χ0n) is 26.6. The van der Waals surface area contributed by atoms with Crippen LogP contribution in [0.4, 0.5) is 29.3 Å². The van der Waals surface area contributed by atoms with Crippen LogP contribution in [0.1, 0.15) is 57.7 Å². The summed E-state index contributed by atoms with van der Waals surface area (Å²) in [6, 6.07) is 9.55. The molecular formula is C32H38F3N5O6. The van der Waals surface area contributed by atoms with Crippen LogP contribution in [-0.2, 0) is 23.9 Å². The number of alkyl carbamates (subject to hydrolysis) is 1. The Bertz CT molecular complexity index is 1510. The largest absolute Gasteiger partial charge is 0.471 e. The van der Waals surface area contributed by atoms with Gasteiger partial charge in [0.2, 0.25) is 5.91 Å². The molecule has 0 saturated carbocycles. The summed E-state index contributed by atoms with van der Waals surface area (Å²) in [4.78, 5) is 49.8. The number of hydrogen-bond acceptors (Lipinski definition) is 8. The number of hydrogen-bond donors (Lipinski definition) is 4. The van der Waals surface area contributed by atoms with Crippen LogP contribution < -0.4 is 20.9 Å². The summed E-state index contributed by atoms with van der Waals surface area (Å²) >= 11 is 0. The summed E-state index contributed by atoms with van der Waals surface area (Å²) in [5, 5.41) is 15.1. The van der Waals surface area contributed by atoms with Crippen molar-refractivity contribution >= 4 is 41.1 Å². The van der Waals surface area contributed by atoms with E-state index in [1.807, 2.05) is 0 Å². The lowest BCUT2D eigenvalue weighted by molar-refractivity contribution is -0.175. The van der Waals surface area contributed by atoms with Crippen LogP contribution in [0.3, 0.4) is 0 Å². The number of ether oxygens (including phenoxy) is 2. The van der Waals surface area contributed by atoms with Crippen molar-refractivity contribution in [3.63, 3.8) is 0 Å². The lowest BCUT2D eigenvalue weighted by atomic mass is 10.1. The highest BCUT2D eigenvalue weighted by Gasteiger charge is 2.42. The highest BCUT2D eigenvalue weighted by atomic mass is 19.4. The molecule has 248 valence electrons. The maximum atomic E-state index is 13.2. The molecule has 46 heavy (non-hydrogen) atoms. The first kappa shape index (κ1) is 37.1. The maximum absolute atomic E-state index is 13.2. The molecule has 11 nitrogen and oxygen atoms in total. The molecule has 3 amide bonds. The topological polar surface area (TPSA) is 150 Å². The molecule has 2 rings (SSSR count). The van der Waals surface area contributed by atoms with E-state index in [1.165, 1.54) is 10.2 Å². The monoisotopic (exact) mass is 645 g/mol.